The molecule has 1 atom stereocenters. The Kier molecular flexibility index (Phi) is 5.60. The van der Waals surface area contributed by atoms with E-state index in [0.29, 0.717) is 31.5 Å². The van der Waals surface area contributed by atoms with E-state index in [-0.39, 0.29) is 35.4 Å². The topological polar surface area (TPSA) is 40.6 Å². The van der Waals surface area contributed by atoms with E-state index in [2.05, 4.69) is 0 Å². The van der Waals surface area contributed by atoms with Gasteiger partial charge in [-0.05, 0) is 67.6 Å². The Labute approximate surface area is 169 Å². The first-order chi connectivity index (χ1) is 14.0. The Bertz CT molecular complexity index is 875. The number of carbonyl (C=O) groups is 2. The summed E-state index contributed by atoms with van der Waals surface area (Å²) in [5.41, 5.74) is 1.44. The average molecular weight is 398 g/mol. The van der Waals surface area contributed by atoms with E-state index in [1.54, 1.807) is 17.0 Å². The fourth-order valence-electron chi connectivity index (χ4n) is 4.40. The molecule has 4 nitrogen and oxygen atoms in total. The minimum atomic E-state index is -0.368. The van der Waals surface area contributed by atoms with E-state index in [1.807, 2.05) is 4.90 Å². The lowest BCUT2D eigenvalue weighted by Gasteiger charge is -2.35. The van der Waals surface area contributed by atoms with Gasteiger partial charge in [0.25, 0.3) is 5.91 Å². The third-order valence-electron chi connectivity index (χ3n) is 6.01. The minimum Gasteiger partial charge on any atom is -0.339 e. The molecule has 0 spiro atoms. The molecule has 6 heteroatoms. The maximum atomic E-state index is 13.2. The van der Waals surface area contributed by atoms with Gasteiger partial charge in [0.05, 0.1) is 6.04 Å². The van der Waals surface area contributed by atoms with Gasteiger partial charge in [0.1, 0.15) is 11.6 Å². The van der Waals surface area contributed by atoms with Gasteiger partial charge in [-0.2, -0.15) is 0 Å². The van der Waals surface area contributed by atoms with Gasteiger partial charge in [0.2, 0.25) is 5.91 Å². The van der Waals surface area contributed by atoms with Crippen molar-refractivity contribution < 1.29 is 18.4 Å². The second-order valence-corrected chi connectivity index (χ2v) is 7.81. The summed E-state index contributed by atoms with van der Waals surface area (Å²) < 4.78 is 26.3. The van der Waals surface area contributed by atoms with Crippen molar-refractivity contribution >= 4 is 11.8 Å². The van der Waals surface area contributed by atoms with Gasteiger partial charge in [-0.25, -0.2) is 8.78 Å². The normalized spacial score (nSPS) is 20.1. The third-order valence-corrected chi connectivity index (χ3v) is 6.01. The van der Waals surface area contributed by atoms with E-state index in [4.69, 9.17) is 0 Å². The van der Waals surface area contributed by atoms with Crippen molar-refractivity contribution in [1.29, 1.82) is 0 Å². The summed E-state index contributed by atoms with van der Waals surface area (Å²) in [6.07, 6.45) is 3.08. The van der Waals surface area contributed by atoms with Crippen molar-refractivity contribution in [3.63, 3.8) is 0 Å². The Balaban J connectivity index is 1.37. The highest BCUT2D eigenvalue weighted by Crippen LogP contribution is 2.34. The van der Waals surface area contributed by atoms with E-state index in [0.717, 1.165) is 24.9 Å². The van der Waals surface area contributed by atoms with Crippen LogP contribution in [0.4, 0.5) is 8.78 Å². The van der Waals surface area contributed by atoms with Crippen LogP contribution in [0.3, 0.4) is 0 Å². The van der Waals surface area contributed by atoms with Gasteiger partial charge in [-0.1, -0.05) is 12.1 Å². The fourth-order valence-corrected chi connectivity index (χ4v) is 4.40. The maximum absolute atomic E-state index is 13.2. The van der Waals surface area contributed by atoms with Crippen LogP contribution in [0.1, 0.15) is 47.6 Å². The van der Waals surface area contributed by atoms with Crippen LogP contribution in [0.25, 0.3) is 0 Å². The fraction of sp³-hybridized carbons (Fsp3) is 0.391. The largest absolute Gasteiger partial charge is 0.339 e. The minimum absolute atomic E-state index is 0.00183. The molecule has 0 aliphatic carbocycles. The van der Waals surface area contributed by atoms with Crippen molar-refractivity contribution in [2.45, 2.75) is 31.7 Å². The summed E-state index contributed by atoms with van der Waals surface area (Å²) in [5.74, 6) is -0.740. The molecule has 2 aromatic rings. The number of carbonyl (C=O) groups excluding carboxylic acids is 2. The highest BCUT2D eigenvalue weighted by Gasteiger charge is 2.36. The third kappa shape index (κ3) is 4.16. The number of nitrogens with zero attached hydrogens (tertiary/aromatic N) is 2. The lowest BCUT2D eigenvalue weighted by atomic mass is 9.93. The summed E-state index contributed by atoms with van der Waals surface area (Å²) in [6.45, 7) is 1.75. The Morgan fingerprint density at radius 3 is 2.00 bits per heavy atom. The Morgan fingerprint density at radius 1 is 0.793 bits per heavy atom. The van der Waals surface area contributed by atoms with E-state index < -0.39 is 0 Å². The lowest BCUT2D eigenvalue weighted by Crippen LogP contribution is -2.44. The molecule has 0 aromatic heterocycles. The van der Waals surface area contributed by atoms with Crippen LogP contribution < -0.4 is 0 Å². The highest BCUT2D eigenvalue weighted by molar-refractivity contribution is 5.94. The first-order valence-electron chi connectivity index (χ1n) is 10.1. The number of halogens is 2. The van der Waals surface area contributed by atoms with Crippen LogP contribution in [-0.4, -0.2) is 41.2 Å². The molecule has 0 N–H and O–H groups in total. The molecule has 2 saturated heterocycles. The first-order valence-corrected chi connectivity index (χ1v) is 10.1. The predicted octanol–water partition coefficient (Wildman–Crippen LogP) is 4.18. The molecular weight excluding hydrogens is 374 g/mol. The molecule has 0 bridgehead atoms. The second kappa shape index (κ2) is 8.31. The second-order valence-electron chi connectivity index (χ2n) is 7.81. The summed E-state index contributed by atoms with van der Waals surface area (Å²) in [4.78, 5) is 29.4. The molecule has 4 rings (SSSR count). The molecule has 2 amide bonds. The molecule has 2 heterocycles. The van der Waals surface area contributed by atoms with E-state index >= 15 is 0 Å². The average Bonchev–Trinajstić information content (AvgIpc) is 3.24. The van der Waals surface area contributed by atoms with Gasteiger partial charge in [0.15, 0.2) is 0 Å². The summed E-state index contributed by atoms with van der Waals surface area (Å²) in [7, 11) is 0. The Morgan fingerprint density at radius 2 is 1.38 bits per heavy atom. The summed E-state index contributed by atoms with van der Waals surface area (Å²) in [5, 5.41) is 0. The maximum Gasteiger partial charge on any atom is 0.253 e. The standard InChI is InChI=1S/C23H24F2N2O2/c24-19-7-3-16(4-8-19)21-2-1-13-27(21)23(29)18-11-14-26(15-12-18)22(28)17-5-9-20(25)10-6-17/h3-10,18,21H,1-2,11-15H2. The number of rotatable bonds is 3. The molecule has 0 radical (unpaired) electrons. The van der Waals surface area contributed by atoms with E-state index in [1.165, 1.54) is 36.4 Å². The van der Waals surface area contributed by atoms with Crippen molar-refractivity contribution in [3.8, 4) is 0 Å². The van der Waals surface area contributed by atoms with Crippen LogP contribution in [0, 0.1) is 17.6 Å². The number of hydrogen-bond acceptors (Lipinski definition) is 2. The van der Waals surface area contributed by atoms with Crippen molar-refractivity contribution in [3.05, 3.63) is 71.3 Å². The van der Waals surface area contributed by atoms with Crippen LogP contribution in [0.2, 0.25) is 0 Å². The van der Waals surface area contributed by atoms with Crippen LogP contribution >= 0.6 is 0 Å². The quantitative estimate of drug-likeness (QED) is 0.778. The summed E-state index contributed by atoms with van der Waals surface area (Å²) >= 11 is 0. The number of benzene rings is 2. The molecule has 2 aliphatic heterocycles. The molecular formula is C23H24F2N2O2. The zero-order chi connectivity index (χ0) is 20.4. The highest BCUT2D eigenvalue weighted by atomic mass is 19.1. The SMILES string of the molecule is O=C(c1ccc(F)cc1)N1CCC(C(=O)N2CCCC2c2ccc(F)cc2)CC1. The molecule has 152 valence electrons. The van der Waals surface area contributed by atoms with Gasteiger partial charge in [-0.3, -0.25) is 9.59 Å². The van der Waals surface area contributed by atoms with Gasteiger partial charge >= 0.3 is 0 Å². The van der Waals surface area contributed by atoms with E-state index in [9.17, 15) is 18.4 Å². The van der Waals surface area contributed by atoms with Crippen LogP contribution in [-0.2, 0) is 4.79 Å². The van der Waals surface area contributed by atoms with Crippen LogP contribution in [0.5, 0.6) is 0 Å². The van der Waals surface area contributed by atoms with Gasteiger partial charge in [-0.15, -0.1) is 0 Å². The van der Waals surface area contributed by atoms with Crippen molar-refractivity contribution in [1.82, 2.24) is 9.80 Å². The van der Waals surface area contributed by atoms with Gasteiger partial charge < -0.3 is 9.80 Å². The monoisotopic (exact) mass is 398 g/mol. The number of piperidine rings is 1. The van der Waals surface area contributed by atoms with Gasteiger partial charge in [0, 0.05) is 31.1 Å². The number of hydrogen-bond donors (Lipinski definition) is 0. The predicted molar refractivity (Wildman–Crippen MR) is 105 cm³/mol. The molecule has 2 aliphatic rings. The molecule has 1 unspecified atom stereocenters. The zero-order valence-corrected chi connectivity index (χ0v) is 16.2. The molecule has 2 fully saturated rings. The number of amides is 2. The molecule has 0 saturated carbocycles. The molecule has 29 heavy (non-hydrogen) atoms. The summed E-state index contributed by atoms with van der Waals surface area (Å²) in [6, 6.07) is 12.0. The number of likely N-dealkylation sites (tertiary alicyclic amines) is 2. The first kappa shape index (κ1) is 19.6. The molecule has 2 aromatic carbocycles. The lowest BCUT2D eigenvalue weighted by molar-refractivity contribution is -0.137. The smallest absolute Gasteiger partial charge is 0.253 e. The zero-order valence-electron chi connectivity index (χ0n) is 16.2. The van der Waals surface area contributed by atoms with Crippen LogP contribution in [0.15, 0.2) is 48.5 Å². The van der Waals surface area contributed by atoms with Crippen molar-refractivity contribution in [2.24, 2.45) is 5.92 Å². The Hall–Kier alpha value is -2.76. The van der Waals surface area contributed by atoms with Crippen molar-refractivity contribution in [2.75, 3.05) is 19.6 Å².